The van der Waals surface area contributed by atoms with E-state index in [1.54, 1.807) is 0 Å². The average molecular weight is 207 g/mol. The third-order valence-electron chi connectivity index (χ3n) is 4.35. The maximum atomic E-state index is 10.6. The van der Waals surface area contributed by atoms with Crippen LogP contribution in [0.1, 0.15) is 64.2 Å². The highest BCUT2D eigenvalue weighted by Gasteiger charge is 2.39. The lowest BCUT2D eigenvalue weighted by Crippen LogP contribution is -2.39. The van der Waals surface area contributed by atoms with Gasteiger partial charge in [-0.05, 0) is 31.6 Å². The normalized spacial score (nSPS) is 26.9. The third kappa shape index (κ3) is 2.31. The first-order valence-electron chi connectivity index (χ1n) is 6.46. The van der Waals surface area contributed by atoms with E-state index in [4.69, 9.17) is 0 Å². The topological polar surface area (TPSA) is 29.4 Å². The second-order valence-electron chi connectivity index (χ2n) is 5.20. The monoisotopic (exact) mass is 207 g/mol. The molecule has 0 N–H and O–H groups in total. The van der Waals surface area contributed by atoms with Crippen molar-refractivity contribution in [1.29, 1.82) is 0 Å². The number of hydrogen-bond acceptors (Lipinski definition) is 2. The molecule has 0 radical (unpaired) electrons. The van der Waals surface area contributed by atoms with Crippen LogP contribution >= 0.6 is 0 Å². The first-order chi connectivity index (χ1) is 7.37. The Morgan fingerprint density at radius 3 is 2.13 bits per heavy atom. The highest BCUT2D eigenvalue weighted by molar-refractivity contribution is 5.35. The molecular formula is C13H21NO. The lowest BCUT2D eigenvalue weighted by Gasteiger charge is -2.41. The van der Waals surface area contributed by atoms with Crippen LogP contribution in [-0.2, 0) is 4.79 Å². The molecule has 2 aliphatic carbocycles. The number of nitrogens with zero attached hydrogens (tertiary/aromatic N) is 1. The summed E-state index contributed by atoms with van der Waals surface area (Å²) in [5, 5.41) is 0. The minimum absolute atomic E-state index is 0.000417. The van der Waals surface area contributed by atoms with Crippen LogP contribution in [0.25, 0.3) is 0 Å². The number of aliphatic imine (C=N–C) groups is 1. The molecule has 15 heavy (non-hydrogen) atoms. The molecule has 0 bridgehead atoms. The summed E-state index contributed by atoms with van der Waals surface area (Å²) in [6.45, 7) is 0. The fourth-order valence-electron chi connectivity index (χ4n) is 3.51. The molecular weight excluding hydrogens is 186 g/mol. The summed E-state index contributed by atoms with van der Waals surface area (Å²) < 4.78 is 0. The lowest BCUT2D eigenvalue weighted by atomic mass is 9.68. The Hall–Kier alpha value is -0.620. The molecule has 0 heterocycles. The first-order valence-corrected chi connectivity index (χ1v) is 6.46. The van der Waals surface area contributed by atoms with Gasteiger partial charge in [-0.25, -0.2) is 4.79 Å². The van der Waals surface area contributed by atoms with Crippen molar-refractivity contribution in [3.05, 3.63) is 0 Å². The zero-order valence-electron chi connectivity index (χ0n) is 9.50. The lowest BCUT2D eigenvalue weighted by molar-refractivity contribution is 0.156. The number of carbonyl (C=O) groups excluding carboxylic acids is 1. The van der Waals surface area contributed by atoms with E-state index in [1.165, 1.54) is 51.4 Å². The van der Waals surface area contributed by atoms with E-state index in [9.17, 15) is 4.79 Å². The quantitative estimate of drug-likeness (QED) is 0.502. The summed E-state index contributed by atoms with van der Waals surface area (Å²) in [5.74, 6) is 0.674. The zero-order chi connectivity index (χ0) is 10.6. The maximum absolute atomic E-state index is 10.6. The zero-order valence-corrected chi connectivity index (χ0v) is 9.50. The molecule has 0 aromatic rings. The number of hydrogen-bond donors (Lipinski definition) is 0. The van der Waals surface area contributed by atoms with Gasteiger partial charge >= 0.3 is 0 Å². The third-order valence-corrected chi connectivity index (χ3v) is 4.35. The van der Waals surface area contributed by atoms with E-state index in [0.717, 1.165) is 12.8 Å². The van der Waals surface area contributed by atoms with Crippen LogP contribution < -0.4 is 0 Å². The van der Waals surface area contributed by atoms with Gasteiger partial charge in [0.25, 0.3) is 0 Å². The fourth-order valence-corrected chi connectivity index (χ4v) is 3.51. The Morgan fingerprint density at radius 2 is 1.53 bits per heavy atom. The molecule has 2 nitrogen and oxygen atoms in total. The standard InChI is InChI=1S/C13H21NO/c15-11-14-13(9-5-2-6-10-13)12-7-3-1-4-8-12/h12H,1-10H2. The molecule has 0 spiro atoms. The molecule has 2 heteroatoms. The van der Waals surface area contributed by atoms with Gasteiger partial charge in [-0.3, -0.25) is 0 Å². The van der Waals surface area contributed by atoms with Gasteiger partial charge < -0.3 is 0 Å². The number of rotatable bonds is 2. The Bertz CT molecular complexity index is 243. The second kappa shape index (κ2) is 4.94. The fraction of sp³-hybridized carbons (Fsp3) is 0.923. The van der Waals surface area contributed by atoms with Gasteiger partial charge in [-0.2, -0.15) is 4.99 Å². The largest absolute Gasteiger partial charge is 0.235 e. The van der Waals surface area contributed by atoms with Gasteiger partial charge in [0, 0.05) is 0 Å². The summed E-state index contributed by atoms with van der Waals surface area (Å²) >= 11 is 0. The van der Waals surface area contributed by atoms with Crippen molar-refractivity contribution in [1.82, 2.24) is 0 Å². The van der Waals surface area contributed by atoms with Gasteiger partial charge in [-0.1, -0.05) is 38.5 Å². The minimum Gasteiger partial charge on any atom is -0.211 e. The van der Waals surface area contributed by atoms with Crippen molar-refractivity contribution in [3.63, 3.8) is 0 Å². The summed E-state index contributed by atoms with van der Waals surface area (Å²) in [4.78, 5) is 14.9. The molecule has 2 fully saturated rings. The molecule has 0 saturated heterocycles. The molecule has 0 aromatic heterocycles. The van der Waals surface area contributed by atoms with Gasteiger partial charge in [0.2, 0.25) is 6.08 Å². The van der Waals surface area contributed by atoms with Gasteiger partial charge in [-0.15, -0.1) is 0 Å². The SMILES string of the molecule is O=C=NC1(C2CCCCC2)CCCCC1. The van der Waals surface area contributed by atoms with Crippen LogP contribution in [0, 0.1) is 5.92 Å². The molecule has 0 atom stereocenters. The van der Waals surface area contributed by atoms with Gasteiger partial charge in [0.15, 0.2) is 0 Å². The van der Waals surface area contributed by atoms with Crippen molar-refractivity contribution >= 4 is 6.08 Å². The van der Waals surface area contributed by atoms with E-state index in [1.807, 2.05) is 6.08 Å². The molecule has 0 amide bonds. The summed E-state index contributed by atoms with van der Waals surface area (Å²) in [7, 11) is 0. The highest BCUT2D eigenvalue weighted by atomic mass is 16.1. The maximum Gasteiger partial charge on any atom is 0.235 e. The molecule has 0 aliphatic heterocycles. The molecule has 2 aliphatic rings. The van der Waals surface area contributed by atoms with E-state index in [-0.39, 0.29) is 5.54 Å². The van der Waals surface area contributed by atoms with Gasteiger partial charge in [0.05, 0.1) is 5.54 Å². The molecule has 2 saturated carbocycles. The summed E-state index contributed by atoms with van der Waals surface area (Å²) in [6.07, 6.45) is 14.5. The summed E-state index contributed by atoms with van der Waals surface area (Å²) in [5.41, 5.74) is 0.000417. The van der Waals surface area contributed by atoms with Crippen LogP contribution in [0.15, 0.2) is 4.99 Å². The van der Waals surface area contributed by atoms with E-state index in [2.05, 4.69) is 4.99 Å². The van der Waals surface area contributed by atoms with Crippen LogP contribution in [-0.4, -0.2) is 11.6 Å². The van der Waals surface area contributed by atoms with Crippen molar-refractivity contribution < 1.29 is 4.79 Å². The molecule has 2 rings (SSSR count). The Kier molecular flexibility index (Phi) is 3.58. The average Bonchev–Trinajstić information content (AvgIpc) is 2.32. The summed E-state index contributed by atoms with van der Waals surface area (Å²) in [6, 6.07) is 0. The van der Waals surface area contributed by atoms with Crippen LogP contribution in [0.3, 0.4) is 0 Å². The van der Waals surface area contributed by atoms with Crippen molar-refractivity contribution in [3.8, 4) is 0 Å². The predicted octanol–water partition coefficient (Wildman–Crippen LogP) is 3.61. The van der Waals surface area contributed by atoms with Crippen LogP contribution in [0.5, 0.6) is 0 Å². The second-order valence-corrected chi connectivity index (χ2v) is 5.20. The molecule has 0 unspecified atom stereocenters. The van der Waals surface area contributed by atoms with E-state index >= 15 is 0 Å². The van der Waals surface area contributed by atoms with E-state index < -0.39 is 0 Å². The van der Waals surface area contributed by atoms with Crippen molar-refractivity contribution in [2.24, 2.45) is 10.9 Å². The van der Waals surface area contributed by atoms with Crippen molar-refractivity contribution in [2.75, 3.05) is 0 Å². The van der Waals surface area contributed by atoms with E-state index in [0.29, 0.717) is 5.92 Å². The number of isocyanates is 1. The predicted molar refractivity (Wildman–Crippen MR) is 60.5 cm³/mol. The Morgan fingerprint density at radius 1 is 0.933 bits per heavy atom. The smallest absolute Gasteiger partial charge is 0.211 e. The van der Waals surface area contributed by atoms with Crippen LogP contribution in [0.4, 0.5) is 0 Å². The highest BCUT2D eigenvalue weighted by Crippen LogP contribution is 2.43. The van der Waals surface area contributed by atoms with Gasteiger partial charge in [0.1, 0.15) is 0 Å². The molecule has 84 valence electrons. The Labute approximate surface area is 92.2 Å². The van der Waals surface area contributed by atoms with Crippen molar-refractivity contribution in [2.45, 2.75) is 69.7 Å². The molecule has 0 aromatic carbocycles. The minimum atomic E-state index is 0.000417. The van der Waals surface area contributed by atoms with Crippen LogP contribution in [0.2, 0.25) is 0 Å². The Balaban J connectivity index is 2.12. The first kappa shape index (κ1) is 10.9.